The number of nitrogens with zero attached hydrogens (tertiary/aromatic N) is 3. The fraction of sp³-hybridized carbons (Fsp3) is 0.200. The number of rotatable bonds is 5. The molecule has 1 amide bonds. The quantitative estimate of drug-likeness (QED) is 0.650. The van der Waals surface area contributed by atoms with Crippen molar-refractivity contribution >= 4 is 17.7 Å². The van der Waals surface area contributed by atoms with Gasteiger partial charge in [0.15, 0.2) is 5.16 Å². The molecule has 1 atom stereocenters. The van der Waals surface area contributed by atoms with Crippen molar-refractivity contribution in [3.05, 3.63) is 78.1 Å². The highest BCUT2D eigenvalue weighted by molar-refractivity contribution is 8.00. The summed E-state index contributed by atoms with van der Waals surface area (Å²) in [6, 6.07) is 18.1. The molecule has 0 N–H and O–H groups in total. The van der Waals surface area contributed by atoms with Crippen LogP contribution in [0.5, 0.6) is 0 Å². The Labute approximate surface area is 152 Å². The third-order valence-electron chi connectivity index (χ3n) is 3.88. The third-order valence-corrected chi connectivity index (χ3v) is 5.10. The number of likely N-dealkylation sites (N-methyl/N-ethyl adjacent to an activating group) is 1. The van der Waals surface area contributed by atoms with E-state index < -0.39 is 0 Å². The molecule has 0 aliphatic carbocycles. The molecule has 0 radical (unpaired) electrons. The van der Waals surface area contributed by atoms with Crippen LogP contribution in [0, 0.1) is 6.92 Å². The van der Waals surface area contributed by atoms with E-state index >= 15 is 0 Å². The Kier molecular flexibility index (Phi) is 5.24. The second-order valence-corrected chi connectivity index (χ2v) is 7.13. The van der Waals surface area contributed by atoms with Crippen molar-refractivity contribution in [1.82, 2.24) is 14.5 Å². The lowest BCUT2D eigenvalue weighted by molar-refractivity contribution is -0.128. The van der Waals surface area contributed by atoms with E-state index in [9.17, 15) is 4.79 Å². The third kappa shape index (κ3) is 3.94. The molecule has 4 nitrogen and oxygen atoms in total. The van der Waals surface area contributed by atoms with Gasteiger partial charge in [-0.2, -0.15) is 0 Å². The van der Waals surface area contributed by atoms with Crippen LogP contribution in [-0.4, -0.2) is 34.5 Å². The number of aromatic nitrogens is 2. The zero-order valence-corrected chi connectivity index (χ0v) is 15.4. The van der Waals surface area contributed by atoms with E-state index in [1.165, 1.54) is 17.3 Å². The lowest BCUT2D eigenvalue weighted by Gasteiger charge is -2.20. The van der Waals surface area contributed by atoms with E-state index in [0.29, 0.717) is 0 Å². The molecule has 1 aromatic heterocycles. The molecule has 25 heavy (non-hydrogen) atoms. The number of benzene rings is 2. The van der Waals surface area contributed by atoms with Gasteiger partial charge in [-0.25, -0.2) is 4.98 Å². The first-order chi connectivity index (χ1) is 12.1. The minimum Gasteiger partial charge on any atom is -0.348 e. The fourth-order valence-corrected chi connectivity index (χ4v) is 3.80. The van der Waals surface area contributed by atoms with Gasteiger partial charge in [0.2, 0.25) is 5.91 Å². The molecule has 0 aliphatic heterocycles. The number of hydrogen-bond acceptors (Lipinski definition) is 3. The van der Waals surface area contributed by atoms with Crippen molar-refractivity contribution < 1.29 is 4.79 Å². The summed E-state index contributed by atoms with van der Waals surface area (Å²) in [7, 11) is 3.57. The Bertz CT molecular complexity index is 858. The zero-order chi connectivity index (χ0) is 17.8. The molecule has 0 aliphatic rings. The van der Waals surface area contributed by atoms with Gasteiger partial charge in [-0.1, -0.05) is 54.2 Å². The van der Waals surface area contributed by atoms with Crippen LogP contribution < -0.4 is 0 Å². The van der Waals surface area contributed by atoms with Gasteiger partial charge in [0, 0.05) is 32.2 Å². The van der Waals surface area contributed by atoms with Gasteiger partial charge in [0.1, 0.15) is 5.25 Å². The van der Waals surface area contributed by atoms with E-state index in [2.05, 4.69) is 24.0 Å². The molecular weight excluding hydrogens is 330 g/mol. The number of amides is 1. The van der Waals surface area contributed by atoms with E-state index in [1.807, 2.05) is 53.2 Å². The summed E-state index contributed by atoms with van der Waals surface area (Å²) in [4.78, 5) is 18.9. The van der Waals surface area contributed by atoms with Gasteiger partial charge in [-0.3, -0.25) is 9.36 Å². The molecule has 1 heterocycles. The second kappa shape index (κ2) is 7.57. The van der Waals surface area contributed by atoms with Crippen molar-refractivity contribution in [3.8, 4) is 5.69 Å². The van der Waals surface area contributed by atoms with Crippen LogP contribution in [0.4, 0.5) is 0 Å². The monoisotopic (exact) mass is 351 g/mol. The first-order valence-corrected chi connectivity index (χ1v) is 8.97. The molecule has 0 saturated carbocycles. The molecule has 2 aromatic carbocycles. The maximum absolute atomic E-state index is 12.7. The van der Waals surface area contributed by atoms with E-state index in [1.54, 1.807) is 25.2 Å². The van der Waals surface area contributed by atoms with Gasteiger partial charge >= 0.3 is 0 Å². The van der Waals surface area contributed by atoms with Gasteiger partial charge in [-0.05, 0) is 30.2 Å². The summed E-state index contributed by atoms with van der Waals surface area (Å²) < 4.78 is 2.02. The second-order valence-electron chi connectivity index (χ2n) is 6.06. The highest BCUT2D eigenvalue weighted by atomic mass is 32.2. The molecule has 0 saturated heterocycles. The summed E-state index contributed by atoms with van der Waals surface area (Å²) in [6.07, 6.45) is 3.70. The first-order valence-electron chi connectivity index (χ1n) is 8.09. The number of thioether (sulfide) groups is 1. The Balaban J connectivity index is 1.96. The molecular formula is C20H21N3OS. The number of aryl methyl sites for hydroxylation is 1. The molecule has 0 bridgehead atoms. The van der Waals surface area contributed by atoms with E-state index in [0.717, 1.165) is 16.4 Å². The van der Waals surface area contributed by atoms with Crippen molar-refractivity contribution in [2.75, 3.05) is 14.1 Å². The lowest BCUT2D eigenvalue weighted by Crippen LogP contribution is -2.26. The van der Waals surface area contributed by atoms with E-state index in [-0.39, 0.29) is 11.2 Å². The summed E-state index contributed by atoms with van der Waals surface area (Å²) in [5, 5.41) is 0.469. The lowest BCUT2D eigenvalue weighted by atomic mass is 10.1. The Morgan fingerprint density at radius 3 is 2.56 bits per heavy atom. The minimum atomic E-state index is -0.331. The molecule has 0 fully saturated rings. The van der Waals surface area contributed by atoms with Gasteiger partial charge in [-0.15, -0.1) is 0 Å². The largest absolute Gasteiger partial charge is 0.348 e. The SMILES string of the molecule is Cc1cccc(-n2ccnc2SC(C(=O)N(C)C)c2ccccc2)c1. The summed E-state index contributed by atoms with van der Waals surface area (Å²) >= 11 is 1.47. The molecule has 1 unspecified atom stereocenters. The van der Waals surface area contributed by atoms with Gasteiger partial charge in [0.05, 0.1) is 0 Å². The summed E-state index contributed by atoms with van der Waals surface area (Å²) in [5.74, 6) is 0.0509. The van der Waals surface area contributed by atoms with Crippen LogP contribution >= 0.6 is 11.8 Å². The standard InChI is InChI=1S/C20H21N3OS/c1-15-8-7-11-17(14-15)23-13-12-21-20(23)25-18(19(24)22(2)3)16-9-5-4-6-10-16/h4-14,18H,1-3H3. The number of hydrogen-bond donors (Lipinski definition) is 0. The maximum atomic E-state index is 12.7. The topological polar surface area (TPSA) is 38.1 Å². The fourth-order valence-electron chi connectivity index (χ4n) is 2.58. The van der Waals surface area contributed by atoms with Gasteiger partial charge < -0.3 is 4.90 Å². The summed E-state index contributed by atoms with van der Waals surface area (Å²) in [6.45, 7) is 2.07. The smallest absolute Gasteiger partial charge is 0.240 e. The molecule has 3 rings (SSSR count). The molecule has 0 spiro atoms. The van der Waals surface area contributed by atoms with Crippen molar-refractivity contribution in [1.29, 1.82) is 0 Å². The maximum Gasteiger partial charge on any atom is 0.240 e. The van der Waals surface area contributed by atoms with Crippen LogP contribution in [0.25, 0.3) is 5.69 Å². The average Bonchev–Trinajstić information content (AvgIpc) is 3.08. The average molecular weight is 351 g/mol. The predicted octanol–water partition coefficient (Wildman–Crippen LogP) is 4.10. The zero-order valence-electron chi connectivity index (χ0n) is 14.6. The van der Waals surface area contributed by atoms with Crippen LogP contribution in [0.15, 0.2) is 72.1 Å². The van der Waals surface area contributed by atoms with Gasteiger partial charge in [0.25, 0.3) is 0 Å². The number of carbonyl (C=O) groups excluding carboxylic acids is 1. The van der Waals surface area contributed by atoms with Crippen molar-refractivity contribution in [3.63, 3.8) is 0 Å². The Morgan fingerprint density at radius 1 is 1.12 bits per heavy atom. The molecule has 5 heteroatoms. The Morgan fingerprint density at radius 2 is 1.88 bits per heavy atom. The first kappa shape index (κ1) is 17.3. The number of imidazole rings is 1. The van der Waals surface area contributed by atoms with E-state index in [4.69, 9.17) is 0 Å². The highest BCUT2D eigenvalue weighted by Crippen LogP contribution is 2.36. The van der Waals surface area contributed by atoms with Crippen LogP contribution in [0.1, 0.15) is 16.4 Å². The van der Waals surface area contributed by atoms with Crippen LogP contribution in [0.2, 0.25) is 0 Å². The normalized spacial score (nSPS) is 12.0. The molecule has 128 valence electrons. The number of carbonyl (C=O) groups is 1. The molecule has 3 aromatic rings. The van der Waals surface area contributed by atoms with Crippen molar-refractivity contribution in [2.45, 2.75) is 17.3 Å². The minimum absolute atomic E-state index is 0.0509. The van der Waals surface area contributed by atoms with Crippen LogP contribution in [0.3, 0.4) is 0 Å². The van der Waals surface area contributed by atoms with Crippen LogP contribution in [-0.2, 0) is 4.79 Å². The Hall–Kier alpha value is -2.53. The predicted molar refractivity (Wildman–Crippen MR) is 102 cm³/mol. The highest BCUT2D eigenvalue weighted by Gasteiger charge is 2.25. The summed E-state index contributed by atoms with van der Waals surface area (Å²) in [5.41, 5.74) is 3.21. The van der Waals surface area contributed by atoms with Crippen molar-refractivity contribution in [2.24, 2.45) is 0 Å².